The molecule has 3 N–H and O–H groups in total. The fourth-order valence-electron chi connectivity index (χ4n) is 2.61. The first-order valence-electron chi connectivity index (χ1n) is 8.75. The Hall–Kier alpha value is -3.68. The van der Waals surface area contributed by atoms with Crippen molar-refractivity contribution < 1.29 is 14.3 Å². The average molecular weight is 380 g/mol. The summed E-state index contributed by atoms with van der Waals surface area (Å²) >= 11 is 0. The molecular formula is C20H20N4O4. The number of fused-ring (bicyclic) bond motifs is 1. The second-order valence-corrected chi connectivity index (χ2v) is 6.46. The molecule has 8 nitrogen and oxygen atoms in total. The number of ether oxygens (including phenoxy) is 1. The molecule has 1 heterocycles. The van der Waals surface area contributed by atoms with E-state index in [4.69, 9.17) is 4.74 Å². The number of amides is 2. The Balaban J connectivity index is 1.57. The Morgan fingerprint density at radius 1 is 1.04 bits per heavy atom. The Labute approximate surface area is 160 Å². The van der Waals surface area contributed by atoms with Crippen molar-refractivity contribution in [2.75, 3.05) is 6.61 Å². The van der Waals surface area contributed by atoms with E-state index in [0.717, 1.165) is 0 Å². The summed E-state index contributed by atoms with van der Waals surface area (Å²) in [6.07, 6.45) is 0. The predicted molar refractivity (Wildman–Crippen MR) is 104 cm³/mol. The SMILES string of the molecule is CC(C)c1ccc(OCC(=O)NNC(=O)c2n[nH]c(=O)c3ccccc23)cc1. The van der Waals surface area contributed by atoms with E-state index in [1.165, 1.54) is 5.56 Å². The van der Waals surface area contributed by atoms with Crippen LogP contribution >= 0.6 is 0 Å². The maximum atomic E-state index is 12.3. The van der Waals surface area contributed by atoms with Crippen LogP contribution in [-0.4, -0.2) is 28.6 Å². The molecule has 0 radical (unpaired) electrons. The first-order chi connectivity index (χ1) is 13.5. The second-order valence-electron chi connectivity index (χ2n) is 6.46. The second kappa shape index (κ2) is 8.34. The summed E-state index contributed by atoms with van der Waals surface area (Å²) in [4.78, 5) is 36.0. The topological polar surface area (TPSA) is 113 Å². The number of nitrogens with zero attached hydrogens (tertiary/aromatic N) is 1. The van der Waals surface area contributed by atoms with Gasteiger partial charge in [-0.3, -0.25) is 25.2 Å². The average Bonchev–Trinajstić information content (AvgIpc) is 2.71. The van der Waals surface area contributed by atoms with E-state index in [-0.39, 0.29) is 12.3 Å². The van der Waals surface area contributed by atoms with Crippen LogP contribution in [0.15, 0.2) is 53.3 Å². The number of aromatic nitrogens is 2. The Bertz CT molecular complexity index is 1060. The van der Waals surface area contributed by atoms with Crippen molar-refractivity contribution in [2.24, 2.45) is 0 Å². The quantitative estimate of drug-likeness (QED) is 0.585. The molecule has 2 amide bonds. The highest BCUT2D eigenvalue weighted by atomic mass is 16.5. The van der Waals surface area contributed by atoms with Gasteiger partial charge in [-0.2, -0.15) is 5.10 Å². The van der Waals surface area contributed by atoms with Gasteiger partial charge in [0.25, 0.3) is 17.4 Å². The van der Waals surface area contributed by atoms with E-state index in [1.807, 2.05) is 12.1 Å². The molecule has 144 valence electrons. The molecule has 2 aromatic carbocycles. The van der Waals surface area contributed by atoms with Gasteiger partial charge in [0, 0.05) is 5.39 Å². The third kappa shape index (κ3) is 4.35. The van der Waals surface area contributed by atoms with Crippen molar-refractivity contribution in [3.8, 4) is 5.75 Å². The lowest BCUT2D eigenvalue weighted by molar-refractivity contribution is -0.123. The summed E-state index contributed by atoms with van der Waals surface area (Å²) in [5.41, 5.74) is 5.31. The summed E-state index contributed by atoms with van der Waals surface area (Å²) in [5.74, 6) is -0.221. The zero-order valence-electron chi connectivity index (χ0n) is 15.5. The Kier molecular flexibility index (Phi) is 5.69. The summed E-state index contributed by atoms with van der Waals surface area (Å²) in [6, 6.07) is 14.0. The highest BCUT2D eigenvalue weighted by Crippen LogP contribution is 2.18. The van der Waals surface area contributed by atoms with Crippen LogP contribution in [0.3, 0.4) is 0 Å². The number of aromatic amines is 1. The molecule has 0 spiro atoms. The molecule has 0 atom stereocenters. The lowest BCUT2D eigenvalue weighted by atomic mass is 10.0. The van der Waals surface area contributed by atoms with Crippen molar-refractivity contribution in [3.63, 3.8) is 0 Å². The van der Waals surface area contributed by atoms with Gasteiger partial charge < -0.3 is 4.74 Å². The highest BCUT2D eigenvalue weighted by molar-refractivity contribution is 6.05. The summed E-state index contributed by atoms with van der Waals surface area (Å²) < 4.78 is 5.40. The largest absolute Gasteiger partial charge is 0.484 e. The smallest absolute Gasteiger partial charge is 0.290 e. The number of hydrazine groups is 1. The van der Waals surface area contributed by atoms with E-state index in [9.17, 15) is 14.4 Å². The standard InChI is InChI=1S/C20H20N4O4/c1-12(2)13-7-9-14(10-8-13)28-11-17(25)21-24-20(27)18-15-5-3-4-6-16(15)19(26)23-22-18/h3-10,12H,11H2,1-2H3,(H,21,25)(H,23,26)(H,24,27). The minimum atomic E-state index is -0.651. The van der Waals surface area contributed by atoms with Crippen molar-refractivity contribution >= 4 is 22.6 Å². The van der Waals surface area contributed by atoms with Crippen LogP contribution in [0.25, 0.3) is 10.8 Å². The summed E-state index contributed by atoms with van der Waals surface area (Å²) in [6.45, 7) is 3.92. The van der Waals surface area contributed by atoms with Gasteiger partial charge in [0.05, 0.1) is 5.39 Å². The molecule has 0 aliphatic heterocycles. The monoisotopic (exact) mass is 380 g/mol. The maximum absolute atomic E-state index is 12.3. The fraction of sp³-hybridized carbons (Fsp3) is 0.200. The third-order valence-corrected chi connectivity index (χ3v) is 4.14. The van der Waals surface area contributed by atoms with Crippen LogP contribution in [0, 0.1) is 0 Å². The van der Waals surface area contributed by atoms with Crippen molar-refractivity contribution in [1.82, 2.24) is 21.0 Å². The van der Waals surface area contributed by atoms with Crippen LogP contribution in [0.4, 0.5) is 0 Å². The fourth-order valence-corrected chi connectivity index (χ4v) is 2.61. The van der Waals surface area contributed by atoms with Gasteiger partial charge in [-0.05, 0) is 29.7 Å². The molecule has 0 bridgehead atoms. The van der Waals surface area contributed by atoms with Gasteiger partial charge in [-0.1, -0.05) is 44.2 Å². The lowest BCUT2D eigenvalue weighted by Crippen LogP contribution is -2.44. The third-order valence-electron chi connectivity index (χ3n) is 4.14. The zero-order valence-corrected chi connectivity index (χ0v) is 15.5. The van der Waals surface area contributed by atoms with Crippen LogP contribution in [0.2, 0.25) is 0 Å². The highest BCUT2D eigenvalue weighted by Gasteiger charge is 2.14. The number of H-pyrrole nitrogens is 1. The van der Waals surface area contributed by atoms with E-state index in [1.54, 1.807) is 36.4 Å². The van der Waals surface area contributed by atoms with Crippen molar-refractivity contribution in [3.05, 3.63) is 70.1 Å². The first-order valence-corrected chi connectivity index (χ1v) is 8.75. The number of benzene rings is 2. The number of hydrogen-bond acceptors (Lipinski definition) is 5. The molecule has 8 heteroatoms. The molecule has 28 heavy (non-hydrogen) atoms. The van der Waals surface area contributed by atoms with E-state index in [2.05, 4.69) is 34.9 Å². The normalized spacial score (nSPS) is 10.7. The molecule has 3 aromatic rings. The molecule has 3 rings (SSSR count). The van der Waals surface area contributed by atoms with Crippen LogP contribution in [0.5, 0.6) is 5.75 Å². The molecule has 0 aliphatic carbocycles. The molecular weight excluding hydrogens is 360 g/mol. The van der Waals surface area contributed by atoms with E-state index < -0.39 is 17.4 Å². The van der Waals surface area contributed by atoms with Crippen LogP contribution in [0.1, 0.15) is 35.8 Å². The number of nitrogens with one attached hydrogen (secondary N) is 3. The Morgan fingerprint density at radius 2 is 1.71 bits per heavy atom. The molecule has 0 unspecified atom stereocenters. The Morgan fingerprint density at radius 3 is 2.39 bits per heavy atom. The maximum Gasteiger partial charge on any atom is 0.290 e. The van der Waals surface area contributed by atoms with Gasteiger partial charge in [0.1, 0.15) is 5.75 Å². The molecule has 0 saturated heterocycles. The molecule has 1 aromatic heterocycles. The number of carbonyl (C=O) groups excluding carboxylic acids is 2. The number of carbonyl (C=O) groups is 2. The lowest BCUT2D eigenvalue weighted by Gasteiger charge is -2.10. The van der Waals surface area contributed by atoms with E-state index >= 15 is 0 Å². The predicted octanol–water partition coefficient (Wildman–Crippen LogP) is 1.89. The molecule has 0 fully saturated rings. The molecule has 0 saturated carbocycles. The van der Waals surface area contributed by atoms with Crippen molar-refractivity contribution in [2.45, 2.75) is 19.8 Å². The van der Waals surface area contributed by atoms with Gasteiger partial charge >= 0.3 is 0 Å². The summed E-state index contributed by atoms with van der Waals surface area (Å²) in [7, 11) is 0. The zero-order chi connectivity index (χ0) is 20.1. The van der Waals surface area contributed by atoms with Gasteiger partial charge in [-0.15, -0.1) is 0 Å². The minimum Gasteiger partial charge on any atom is -0.484 e. The number of hydrogen-bond donors (Lipinski definition) is 3. The first kappa shape index (κ1) is 19.1. The van der Waals surface area contributed by atoms with Crippen molar-refractivity contribution in [1.29, 1.82) is 0 Å². The van der Waals surface area contributed by atoms with Gasteiger partial charge in [0.15, 0.2) is 12.3 Å². The van der Waals surface area contributed by atoms with Crippen LogP contribution in [-0.2, 0) is 4.79 Å². The van der Waals surface area contributed by atoms with Crippen LogP contribution < -0.4 is 21.1 Å². The minimum absolute atomic E-state index is 0.000641. The van der Waals surface area contributed by atoms with Gasteiger partial charge in [-0.25, -0.2) is 5.10 Å². The van der Waals surface area contributed by atoms with E-state index in [0.29, 0.717) is 22.4 Å². The number of rotatable bonds is 5. The summed E-state index contributed by atoms with van der Waals surface area (Å²) in [5, 5.41) is 6.76. The molecule has 0 aliphatic rings. The van der Waals surface area contributed by atoms with Gasteiger partial charge in [0.2, 0.25) is 0 Å².